The first kappa shape index (κ1) is 15.3. The van der Waals surface area contributed by atoms with Gasteiger partial charge in [-0.3, -0.25) is 9.78 Å². The lowest BCUT2D eigenvalue weighted by atomic mass is 10.2. The molecule has 1 rings (SSSR count). The van der Waals surface area contributed by atoms with E-state index in [1.807, 2.05) is 0 Å². The average Bonchev–Trinajstić information content (AvgIpc) is 2.21. The third-order valence-corrected chi connectivity index (χ3v) is 3.27. The van der Waals surface area contributed by atoms with E-state index in [1.54, 1.807) is 22.6 Å². The SMILES string of the molecule is O=C(O)Cc1ncc(CCl)c(I)c1OC(F)(F)F. The van der Waals surface area contributed by atoms with E-state index >= 15 is 0 Å². The molecule has 0 amide bonds. The summed E-state index contributed by atoms with van der Waals surface area (Å²) >= 11 is 7.15. The Morgan fingerprint density at radius 3 is 2.61 bits per heavy atom. The van der Waals surface area contributed by atoms with Crippen LogP contribution >= 0.6 is 34.2 Å². The summed E-state index contributed by atoms with van der Waals surface area (Å²) < 4.78 is 40.6. The Morgan fingerprint density at radius 1 is 1.56 bits per heavy atom. The van der Waals surface area contributed by atoms with Gasteiger partial charge in [0.2, 0.25) is 0 Å². The van der Waals surface area contributed by atoms with Gasteiger partial charge >= 0.3 is 12.3 Å². The van der Waals surface area contributed by atoms with Crippen molar-refractivity contribution >= 4 is 40.2 Å². The van der Waals surface area contributed by atoms with Crippen LogP contribution in [0.5, 0.6) is 5.75 Å². The minimum absolute atomic E-state index is 0.0488. The summed E-state index contributed by atoms with van der Waals surface area (Å²) in [6, 6.07) is 0. The van der Waals surface area contributed by atoms with Gasteiger partial charge in [0.15, 0.2) is 5.75 Å². The third-order valence-electron chi connectivity index (χ3n) is 1.80. The normalized spacial score (nSPS) is 11.4. The standard InChI is InChI=1S/C9H6ClF3INO3/c10-2-4-3-15-5(1-6(16)17)8(7(4)14)18-9(11,12)13/h3H,1-2H2,(H,16,17). The van der Waals surface area contributed by atoms with Crippen LogP contribution in [0.2, 0.25) is 0 Å². The smallest absolute Gasteiger partial charge is 0.481 e. The lowest BCUT2D eigenvalue weighted by Gasteiger charge is -2.15. The Hall–Kier alpha value is -0.770. The molecule has 0 saturated heterocycles. The van der Waals surface area contributed by atoms with Gasteiger partial charge < -0.3 is 9.84 Å². The molecule has 0 bridgehead atoms. The van der Waals surface area contributed by atoms with E-state index in [0.29, 0.717) is 5.56 Å². The van der Waals surface area contributed by atoms with Gasteiger partial charge in [0, 0.05) is 11.8 Å². The molecule has 1 heterocycles. The molecule has 0 fully saturated rings. The highest BCUT2D eigenvalue weighted by atomic mass is 127. The first-order chi connectivity index (χ1) is 8.24. The topological polar surface area (TPSA) is 59.4 Å². The highest BCUT2D eigenvalue weighted by Crippen LogP contribution is 2.33. The van der Waals surface area contributed by atoms with Gasteiger partial charge in [-0.15, -0.1) is 24.8 Å². The van der Waals surface area contributed by atoms with Crippen LogP contribution in [-0.2, 0) is 17.1 Å². The molecule has 0 aliphatic carbocycles. The molecule has 0 aliphatic rings. The van der Waals surface area contributed by atoms with Crippen molar-refractivity contribution in [1.29, 1.82) is 0 Å². The van der Waals surface area contributed by atoms with Crippen molar-refractivity contribution in [3.63, 3.8) is 0 Å². The maximum Gasteiger partial charge on any atom is 0.573 e. The molecule has 0 radical (unpaired) electrons. The summed E-state index contributed by atoms with van der Waals surface area (Å²) in [7, 11) is 0. The molecular formula is C9H6ClF3INO3. The highest BCUT2D eigenvalue weighted by molar-refractivity contribution is 14.1. The van der Waals surface area contributed by atoms with E-state index in [2.05, 4.69) is 9.72 Å². The molecule has 0 aromatic carbocycles. The summed E-state index contributed by atoms with van der Waals surface area (Å²) in [4.78, 5) is 14.2. The third kappa shape index (κ3) is 4.16. The zero-order valence-electron chi connectivity index (χ0n) is 8.59. The van der Waals surface area contributed by atoms with E-state index in [9.17, 15) is 18.0 Å². The summed E-state index contributed by atoms with van der Waals surface area (Å²) in [5.41, 5.74) is 0.0451. The minimum Gasteiger partial charge on any atom is -0.481 e. The molecule has 100 valence electrons. The lowest BCUT2D eigenvalue weighted by Crippen LogP contribution is -2.20. The lowest BCUT2D eigenvalue weighted by molar-refractivity contribution is -0.275. The first-order valence-corrected chi connectivity index (χ1v) is 6.05. The number of carboxylic acid groups (broad SMARTS) is 1. The Balaban J connectivity index is 3.26. The van der Waals surface area contributed by atoms with Crippen LogP contribution in [0.15, 0.2) is 6.20 Å². The molecule has 0 spiro atoms. The largest absolute Gasteiger partial charge is 0.573 e. The predicted octanol–water partition coefficient (Wildman–Crippen LogP) is 2.95. The quantitative estimate of drug-likeness (QED) is 0.629. The molecule has 0 aliphatic heterocycles. The number of hydrogen-bond donors (Lipinski definition) is 1. The van der Waals surface area contributed by atoms with E-state index in [4.69, 9.17) is 16.7 Å². The second kappa shape index (κ2) is 5.91. The number of hydrogen-bond acceptors (Lipinski definition) is 3. The van der Waals surface area contributed by atoms with Gasteiger partial charge in [-0.05, 0) is 22.6 Å². The Bertz CT molecular complexity index is 467. The van der Waals surface area contributed by atoms with Crippen molar-refractivity contribution in [2.24, 2.45) is 0 Å². The average molecular weight is 396 g/mol. The van der Waals surface area contributed by atoms with Crippen LogP contribution in [-0.4, -0.2) is 22.4 Å². The summed E-state index contributed by atoms with van der Waals surface area (Å²) in [6.45, 7) is 0. The van der Waals surface area contributed by atoms with E-state index in [1.165, 1.54) is 6.20 Å². The van der Waals surface area contributed by atoms with Crippen molar-refractivity contribution in [3.05, 3.63) is 21.0 Å². The molecule has 1 aromatic heterocycles. The van der Waals surface area contributed by atoms with E-state index in [-0.39, 0.29) is 15.1 Å². The van der Waals surface area contributed by atoms with Crippen molar-refractivity contribution in [1.82, 2.24) is 4.98 Å². The molecule has 1 aromatic rings. The number of ether oxygens (including phenoxy) is 1. The van der Waals surface area contributed by atoms with Crippen LogP contribution in [0.3, 0.4) is 0 Å². The Labute approximate surface area is 118 Å². The van der Waals surface area contributed by atoms with Crippen LogP contribution in [0.25, 0.3) is 0 Å². The van der Waals surface area contributed by atoms with Crippen molar-refractivity contribution in [2.75, 3.05) is 0 Å². The monoisotopic (exact) mass is 395 g/mol. The fourth-order valence-corrected chi connectivity index (χ4v) is 2.30. The number of alkyl halides is 4. The molecule has 0 atom stereocenters. The zero-order chi connectivity index (χ0) is 13.9. The van der Waals surface area contributed by atoms with Gasteiger partial charge in [0.25, 0.3) is 0 Å². The highest BCUT2D eigenvalue weighted by Gasteiger charge is 2.34. The van der Waals surface area contributed by atoms with Crippen LogP contribution in [0.4, 0.5) is 13.2 Å². The Morgan fingerprint density at radius 2 is 2.17 bits per heavy atom. The fraction of sp³-hybridized carbons (Fsp3) is 0.333. The maximum atomic E-state index is 12.2. The zero-order valence-corrected chi connectivity index (χ0v) is 11.5. The van der Waals surface area contributed by atoms with Gasteiger partial charge in [0.05, 0.1) is 21.6 Å². The fourth-order valence-electron chi connectivity index (χ4n) is 1.13. The number of halogens is 5. The minimum atomic E-state index is -4.92. The predicted molar refractivity (Wildman–Crippen MR) is 64.5 cm³/mol. The van der Waals surface area contributed by atoms with Gasteiger partial charge in [0.1, 0.15) is 0 Å². The van der Waals surface area contributed by atoms with Crippen LogP contribution in [0.1, 0.15) is 11.3 Å². The van der Waals surface area contributed by atoms with Crippen LogP contribution < -0.4 is 4.74 Å². The summed E-state index contributed by atoms with van der Waals surface area (Å²) in [6.07, 6.45) is -4.35. The van der Waals surface area contributed by atoms with Gasteiger partial charge in [-0.1, -0.05) is 0 Å². The molecule has 9 heteroatoms. The number of aliphatic carboxylic acids is 1. The first-order valence-electron chi connectivity index (χ1n) is 4.44. The number of carbonyl (C=O) groups is 1. The molecule has 18 heavy (non-hydrogen) atoms. The number of rotatable bonds is 4. The maximum absolute atomic E-state index is 12.2. The molecule has 0 unspecified atom stereocenters. The van der Waals surface area contributed by atoms with Crippen LogP contribution in [0, 0.1) is 3.57 Å². The summed E-state index contributed by atoms with van der Waals surface area (Å²) in [5.74, 6) is -1.96. The number of carboxylic acids is 1. The van der Waals surface area contributed by atoms with Crippen molar-refractivity contribution in [3.8, 4) is 5.75 Å². The molecule has 4 nitrogen and oxygen atoms in total. The second-order valence-electron chi connectivity index (χ2n) is 3.13. The Kier molecular flexibility index (Phi) is 5.02. The van der Waals surface area contributed by atoms with Gasteiger partial charge in [-0.25, -0.2) is 0 Å². The number of pyridine rings is 1. The molecular weight excluding hydrogens is 389 g/mol. The number of aromatic nitrogens is 1. The molecule has 0 saturated carbocycles. The van der Waals surface area contributed by atoms with Crippen molar-refractivity contribution in [2.45, 2.75) is 18.7 Å². The van der Waals surface area contributed by atoms with E-state index < -0.39 is 24.5 Å². The number of nitrogens with zero attached hydrogens (tertiary/aromatic N) is 1. The second-order valence-corrected chi connectivity index (χ2v) is 4.47. The van der Waals surface area contributed by atoms with E-state index in [0.717, 1.165) is 0 Å². The molecule has 1 N–H and O–H groups in total. The van der Waals surface area contributed by atoms with Gasteiger partial charge in [-0.2, -0.15) is 0 Å². The summed E-state index contributed by atoms with van der Waals surface area (Å²) in [5, 5.41) is 8.60. The van der Waals surface area contributed by atoms with Crippen molar-refractivity contribution < 1.29 is 27.8 Å².